The summed E-state index contributed by atoms with van der Waals surface area (Å²) in [4.78, 5) is 6.19. The summed E-state index contributed by atoms with van der Waals surface area (Å²) in [5.74, 6) is -0.250. The van der Waals surface area contributed by atoms with Crippen molar-refractivity contribution in [3.63, 3.8) is 0 Å². The number of hydrogen-bond donors (Lipinski definition) is 2. The molecule has 2 aromatic rings. The molecular formula is C17H22FN3O. The molecule has 1 aliphatic carbocycles. The third-order valence-corrected chi connectivity index (χ3v) is 4.58. The molecule has 0 radical (unpaired) electrons. The summed E-state index contributed by atoms with van der Waals surface area (Å²) < 4.78 is 14.3. The van der Waals surface area contributed by atoms with E-state index in [1.165, 1.54) is 6.07 Å². The Labute approximate surface area is 129 Å². The van der Waals surface area contributed by atoms with E-state index in [0.29, 0.717) is 24.0 Å². The highest BCUT2D eigenvalue weighted by molar-refractivity contribution is 5.79. The van der Waals surface area contributed by atoms with Gasteiger partial charge in [-0.05, 0) is 38.4 Å². The second-order valence-corrected chi connectivity index (χ2v) is 6.26. The van der Waals surface area contributed by atoms with Crippen molar-refractivity contribution in [3.05, 3.63) is 41.8 Å². The van der Waals surface area contributed by atoms with E-state index in [1.54, 1.807) is 6.20 Å². The van der Waals surface area contributed by atoms with E-state index < -0.39 is 6.10 Å². The molecule has 0 bridgehead atoms. The van der Waals surface area contributed by atoms with Crippen LogP contribution in [0.1, 0.15) is 24.8 Å². The quantitative estimate of drug-likeness (QED) is 0.911. The van der Waals surface area contributed by atoms with E-state index in [4.69, 9.17) is 5.73 Å². The predicted molar refractivity (Wildman–Crippen MR) is 84.8 cm³/mol. The number of fused-ring (bicyclic) bond motifs is 1. The van der Waals surface area contributed by atoms with Crippen LogP contribution in [-0.4, -0.2) is 40.2 Å². The fourth-order valence-corrected chi connectivity index (χ4v) is 3.33. The van der Waals surface area contributed by atoms with Gasteiger partial charge in [0.1, 0.15) is 5.82 Å². The first kappa shape index (κ1) is 15.3. The van der Waals surface area contributed by atoms with Crippen LogP contribution in [0.4, 0.5) is 4.39 Å². The largest absolute Gasteiger partial charge is 0.391 e. The smallest absolute Gasteiger partial charge is 0.129 e. The Bertz CT molecular complexity index is 663. The normalized spacial score (nSPS) is 25.8. The van der Waals surface area contributed by atoms with E-state index in [0.717, 1.165) is 18.2 Å². The zero-order chi connectivity index (χ0) is 15.7. The summed E-state index contributed by atoms with van der Waals surface area (Å²) >= 11 is 0. The average Bonchev–Trinajstić information content (AvgIpc) is 2.47. The van der Waals surface area contributed by atoms with Crippen molar-refractivity contribution in [1.29, 1.82) is 0 Å². The minimum atomic E-state index is -0.445. The molecule has 1 fully saturated rings. The van der Waals surface area contributed by atoms with E-state index in [1.807, 2.05) is 30.1 Å². The highest BCUT2D eigenvalue weighted by Gasteiger charge is 2.30. The summed E-state index contributed by atoms with van der Waals surface area (Å²) in [6.45, 7) is 0.466. The molecule has 3 N–H and O–H groups in total. The van der Waals surface area contributed by atoms with Crippen LogP contribution in [0, 0.1) is 5.82 Å². The van der Waals surface area contributed by atoms with Gasteiger partial charge in [-0.25, -0.2) is 4.39 Å². The molecule has 1 aromatic heterocycles. The number of nitrogens with two attached hydrogens (primary N) is 1. The molecule has 118 valence electrons. The van der Waals surface area contributed by atoms with Crippen LogP contribution in [0.15, 0.2) is 30.5 Å². The monoisotopic (exact) mass is 303 g/mol. The topological polar surface area (TPSA) is 62.4 Å². The van der Waals surface area contributed by atoms with Crippen LogP contribution in [0.2, 0.25) is 0 Å². The Kier molecular flexibility index (Phi) is 4.38. The maximum Gasteiger partial charge on any atom is 0.129 e. The molecule has 0 saturated heterocycles. The molecule has 22 heavy (non-hydrogen) atoms. The molecule has 1 unspecified atom stereocenters. The molecule has 1 heterocycles. The van der Waals surface area contributed by atoms with Gasteiger partial charge in [0.2, 0.25) is 0 Å². The molecule has 3 rings (SSSR count). The molecule has 0 amide bonds. The number of benzene rings is 1. The number of likely N-dealkylation sites (N-methyl/N-ethyl adjacent to an activating group) is 1. The van der Waals surface area contributed by atoms with E-state index in [9.17, 15) is 9.50 Å². The molecule has 1 saturated carbocycles. The highest BCUT2D eigenvalue weighted by atomic mass is 19.1. The Hall–Kier alpha value is -1.56. The lowest BCUT2D eigenvalue weighted by Crippen LogP contribution is -2.48. The van der Waals surface area contributed by atoms with Gasteiger partial charge < -0.3 is 10.8 Å². The van der Waals surface area contributed by atoms with Crippen molar-refractivity contribution in [1.82, 2.24) is 9.88 Å². The van der Waals surface area contributed by atoms with Crippen LogP contribution in [-0.2, 0) is 6.54 Å². The zero-order valence-corrected chi connectivity index (χ0v) is 12.7. The first-order valence-electron chi connectivity index (χ1n) is 7.71. The number of aliphatic hydroxyl groups is 1. The molecule has 0 spiro atoms. The molecule has 4 nitrogen and oxygen atoms in total. The van der Waals surface area contributed by atoms with Crippen molar-refractivity contribution >= 4 is 10.9 Å². The fourth-order valence-electron chi connectivity index (χ4n) is 3.33. The van der Waals surface area contributed by atoms with Gasteiger partial charge in [-0.3, -0.25) is 9.88 Å². The molecule has 5 heteroatoms. The summed E-state index contributed by atoms with van der Waals surface area (Å²) in [7, 11) is 1.93. The van der Waals surface area contributed by atoms with Crippen LogP contribution in [0.25, 0.3) is 10.9 Å². The summed E-state index contributed by atoms with van der Waals surface area (Å²) in [5.41, 5.74) is 7.17. The standard InChI is InChI=1S/C17H22FN3O/c1-21(16-5-4-13(19)8-17(16)22)10-12-7-11-3-2-6-20-15(11)9-14(12)18/h2-3,6-7,9,13,16-17,22H,4-5,8,10,19H2,1H3/t13-,16-,17?/m0/s1. The van der Waals surface area contributed by atoms with Gasteiger partial charge in [0.05, 0.1) is 11.6 Å². The summed E-state index contributed by atoms with van der Waals surface area (Å²) in [5, 5.41) is 11.1. The number of rotatable bonds is 3. The second kappa shape index (κ2) is 6.28. The van der Waals surface area contributed by atoms with Gasteiger partial charge in [0.15, 0.2) is 0 Å². The Morgan fingerprint density at radius 1 is 1.41 bits per heavy atom. The van der Waals surface area contributed by atoms with Crippen LogP contribution < -0.4 is 5.73 Å². The first-order valence-corrected chi connectivity index (χ1v) is 7.71. The third kappa shape index (κ3) is 3.11. The van der Waals surface area contributed by atoms with Gasteiger partial charge in [-0.1, -0.05) is 6.07 Å². The predicted octanol–water partition coefficient (Wildman–Crippen LogP) is 2.05. The number of aliphatic hydroxyl groups excluding tert-OH is 1. The van der Waals surface area contributed by atoms with Crippen molar-refractivity contribution in [3.8, 4) is 0 Å². The minimum Gasteiger partial charge on any atom is -0.391 e. The van der Waals surface area contributed by atoms with Crippen LogP contribution >= 0.6 is 0 Å². The van der Waals surface area contributed by atoms with Crippen molar-refractivity contribution < 1.29 is 9.50 Å². The third-order valence-electron chi connectivity index (χ3n) is 4.58. The van der Waals surface area contributed by atoms with Crippen molar-refractivity contribution in [2.75, 3.05) is 7.05 Å². The summed E-state index contributed by atoms with van der Waals surface area (Å²) in [6, 6.07) is 7.20. The van der Waals surface area contributed by atoms with Gasteiger partial charge in [0.25, 0.3) is 0 Å². The maximum atomic E-state index is 14.3. The second-order valence-electron chi connectivity index (χ2n) is 6.26. The molecule has 1 aliphatic rings. The number of aromatic nitrogens is 1. The lowest BCUT2D eigenvalue weighted by atomic mass is 9.88. The van der Waals surface area contributed by atoms with Gasteiger partial charge in [-0.15, -0.1) is 0 Å². The Balaban J connectivity index is 1.79. The zero-order valence-electron chi connectivity index (χ0n) is 12.7. The average molecular weight is 303 g/mol. The fraction of sp³-hybridized carbons (Fsp3) is 0.471. The Morgan fingerprint density at radius 3 is 3.00 bits per heavy atom. The van der Waals surface area contributed by atoms with Crippen LogP contribution in [0.5, 0.6) is 0 Å². The van der Waals surface area contributed by atoms with E-state index >= 15 is 0 Å². The van der Waals surface area contributed by atoms with Gasteiger partial charge >= 0.3 is 0 Å². The van der Waals surface area contributed by atoms with E-state index in [2.05, 4.69) is 4.98 Å². The minimum absolute atomic E-state index is 0.0313. The van der Waals surface area contributed by atoms with Crippen LogP contribution in [0.3, 0.4) is 0 Å². The maximum absolute atomic E-state index is 14.3. The molecular weight excluding hydrogens is 281 g/mol. The summed E-state index contributed by atoms with van der Waals surface area (Å²) in [6.07, 6.45) is 3.57. The van der Waals surface area contributed by atoms with Crippen molar-refractivity contribution in [2.24, 2.45) is 5.73 Å². The Morgan fingerprint density at radius 2 is 2.23 bits per heavy atom. The van der Waals surface area contributed by atoms with Gasteiger partial charge in [0, 0.05) is 41.8 Å². The van der Waals surface area contributed by atoms with Crippen molar-refractivity contribution in [2.45, 2.75) is 44.0 Å². The first-order chi connectivity index (χ1) is 10.5. The lowest BCUT2D eigenvalue weighted by molar-refractivity contribution is 0.0223. The van der Waals surface area contributed by atoms with Gasteiger partial charge in [-0.2, -0.15) is 0 Å². The lowest BCUT2D eigenvalue weighted by Gasteiger charge is -2.37. The molecule has 0 aliphatic heterocycles. The SMILES string of the molecule is CN(Cc1cc2cccnc2cc1F)[C@H]1CC[C@H](N)CC1O. The van der Waals surface area contributed by atoms with E-state index in [-0.39, 0.29) is 17.9 Å². The number of hydrogen-bond acceptors (Lipinski definition) is 4. The number of nitrogens with zero attached hydrogens (tertiary/aromatic N) is 2. The highest BCUT2D eigenvalue weighted by Crippen LogP contribution is 2.25. The number of halogens is 1. The number of pyridine rings is 1. The molecule has 3 atom stereocenters. The molecule has 1 aromatic carbocycles.